The lowest BCUT2D eigenvalue weighted by Gasteiger charge is -2.07. The molecule has 0 saturated carbocycles. The van der Waals surface area contributed by atoms with Crippen molar-refractivity contribution in [2.75, 3.05) is 17.9 Å². The first kappa shape index (κ1) is 16.3. The second-order valence-electron chi connectivity index (χ2n) is 4.89. The first-order chi connectivity index (χ1) is 11.1. The van der Waals surface area contributed by atoms with E-state index in [0.717, 1.165) is 17.1 Å². The van der Waals surface area contributed by atoms with Crippen LogP contribution in [-0.4, -0.2) is 18.5 Å². The number of halogens is 2. The van der Waals surface area contributed by atoms with Crippen LogP contribution in [0.4, 0.5) is 5.69 Å². The molecular formula is C16H13Cl2NO3S. The lowest BCUT2D eigenvalue weighted by molar-refractivity contribution is -0.113. The van der Waals surface area contributed by atoms with Gasteiger partial charge in [-0.05, 0) is 35.9 Å². The molecule has 0 aromatic heterocycles. The number of nitrogens with one attached hydrogen (secondary N) is 1. The van der Waals surface area contributed by atoms with Gasteiger partial charge in [-0.1, -0.05) is 29.3 Å². The SMILES string of the molecule is O=C(CSCc1ccc2c(c1)OCO2)Nc1cc(Cl)cc(Cl)c1. The van der Waals surface area contributed by atoms with Crippen LogP contribution in [0.15, 0.2) is 36.4 Å². The molecule has 23 heavy (non-hydrogen) atoms. The third-order valence-corrected chi connectivity index (χ3v) is 4.53. The van der Waals surface area contributed by atoms with Gasteiger partial charge in [0.1, 0.15) is 0 Å². The van der Waals surface area contributed by atoms with E-state index in [0.29, 0.717) is 27.2 Å². The van der Waals surface area contributed by atoms with E-state index < -0.39 is 0 Å². The monoisotopic (exact) mass is 369 g/mol. The molecule has 0 atom stereocenters. The molecule has 3 rings (SSSR count). The Morgan fingerprint density at radius 1 is 1.09 bits per heavy atom. The van der Waals surface area contributed by atoms with E-state index in [-0.39, 0.29) is 12.7 Å². The van der Waals surface area contributed by atoms with E-state index >= 15 is 0 Å². The highest BCUT2D eigenvalue weighted by Crippen LogP contribution is 2.33. The first-order valence-corrected chi connectivity index (χ1v) is 8.73. The molecule has 0 saturated heterocycles. The predicted octanol–water partition coefficient (Wildman–Crippen LogP) is 4.59. The second kappa shape index (κ2) is 7.34. The molecule has 4 nitrogen and oxygen atoms in total. The summed E-state index contributed by atoms with van der Waals surface area (Å²) < 4.78 is 10.6. The second-order valence-corrected chi connectivity index (χ2v) is 6.75. The third-order valence-electron chi connectivity index (χ3n) is 3.09. The van der Waals surface area contributed by atoms with Crippen molar-refractivity contribution in [1.82, 2.24) is 0 Å². The molecular weight excluding hydrogens is 357 g/mol. The number of anilines is 1. The number of thioether (sulfide) groups is 1. The molecule has 0 unspecified atom stereocenters. The normalized spacial score (nSPS) is 12.3. The van der Waals surface area contributed by atoms with Gasteiger partial charge in [0.25, 0.3) is 0 Å². The molecule has 2 aromatic rings. The molecule has 1 aliphatic heterocycles. The highest BCUT2D eigenvalue weighted by Gasteiger charge is 2.13. The maximum Gasteiger partial charge on any atom is 0.234 e. The van der Waals surface area contributed by atoms with Crippen molar-refractivity contribution in [3.63, 3.8) is 0 Å². The Labute approximate surface area is 148 Å². The zero-order valence-electron chi connectivity index (χ0n) is 12.0. The summed E-state index contributed by atoms with van der Waals surface area (Å²) in [5, 5.41) is 3.75. The molecule has 7 heteroatoms. The molecule has 1 amide bonds. The van der Waals surface area contributed by atoms with Gasteiger partial charge < -0.3 is 14.8 Å². The molecule has 0 bridgehead atoms. The number of carbonyl (C=O) groups is 1. The Balaban J connectivity index is 1.49. The Kier molecular flexibility index (Phi) is 5.20. The Morgan fingerprint density at radius 2 is 1.83 bits per heavy atom. The highest BCUT2D eigenvalue weighted by molar-refractivity contribution is 7.99. The highest BCUT2D eigenvalue weighted by atomic mass is 35.5. The van der Waals surface area contributed by atoms with Gasteiger partial charge in [-0.15, -0.1) is 11.8 Å². The van der Waals surface area contributed by atoms with Crippen molar-refractivity contribution in [3.05, 3.63) is 52.0 Å². The summed E-state index contributed by atoms with van der Waals surface area (Å²) in [5.41, 5.74) is 1.68. The van der Waals surface area contributed by atoms with Crippen molar-refractivity contribution in [2.45, 2.75) is 5.75 Å². The molecule has 0 aliphatic carbocycles. The first-order valence-electron chi connectivity index (χ1n) is 6.82. The van der Waals surface area contributed by atoms with Crippen LogP contribution in [-0.2, 0) is 10.5 Å². The smallest absolute Gasteiger partial charge is 0.234 e. The van der Waals surface area contributed by atoms with E-state index in [9.17, 15) is 4.79 Å². The quantitative estimate of drug-likeness (QED) is 0.836. The van der Waals surface area contributed by atoms with Crippen LogP contribution in [0.25, 0.3) is 0 Å². The molecule has 0 radical (unpaired) electrons. The van der Waals surface area contributed by atoms with Gasteiger partial charge in [0.05, 0.1) is 5.75 Å². The topological polar surface area (TPSA) is 47.6 Å². The third kappa shape index (κ3) is 4.47. The van der Waals surface area contributed by atoms with Gasteiger partial charge in [-0.3, -0.25) is 4.79 Å². The van der Waals surface area contributed by atoms with Gasteiger partial charge in [-0.2, -0.15) is 0 Å². The summed E-state index contributed by atoms with van der Waals surface area (Å²) in [4.78, 5) is 11.9. The lowest BCUT2D eigenvalue weighted by atomic mass is 10.2. The summed E-state index contributed by atoms with van der Waals surface area (Å²) >= 11 is 13.3. The summed E-state index contributed by atoms with van der Waals surface area (Å²) in [6.07, 6.45) is 0. The Bertz CT molecular complexity index is 719. The fraction of sp³-hybridized carbons (Fsp3) is 0.188. The zero-order chi connectivity index (χ0) is 16.2. The van der Waals surface area contributed by atoms with Gasteiger partial charge in [-0.25, -0.2) is 0 Å². The van der Waals surface area contributed by atoms with E-state index in [1.807, 2.05) is 18.2 Å². The maximum atomic E-state index is 11.9. The van der Waals surface area contributed by atoms with Crippen LogP contribution in [0.2, 0.25) is 10.0 Å². The molecule has 1 aliphatic rings. The minimum Gasteiger partial charge on any atom is -0.454 e. The predicted molar refractivity (Wildman–Crippen MR) is 93.8 cm³/mol. The number of benzene rings is 2. The van der Waals surface area contributed by atoms with Crippen LogP contribution in [0.5, 0.6) is 11.5 Å². The van der Waals surface area contributed by atoms with Crippen LogP contribution in [0.3, 0.4) is 0 Å². The fourth-order valence-corrected chi connectivity index (χ4v) is 3.42. The number of carbonyl (C=O) groups excluding carboxylic acids is 1. The van der Waals surface area contributed by atoms with E-state index in [1.54, 1.807) is 18.2 Å². The lowest BCUT2D eigenvalue weighted by Crippen LogP contribution is -2.14. The minimum absolute atomic E-state index is 0.103. The standard InChI is InChI=1S/C16H13Cl2NO3S/c17-11-4-12(18)6-13(5-11)19-16(20)8-23-7-10-1-2-14-15(3-10)22-9-21-14/h1-6H,7-9H2,(H,19,20). The van der Waals surface area contributed by atoms with Crippen molar-refractivity contribution in [3.8, 4) is 11.5 Å². The zero-order valence-corrected chi connectivity index (χ0v) is 14.3. The summed E-state index contributed by atoms with van der Waals surface area (Å²) in [5.74, 6) is 2.45. The molecule has 1 heterocycles. The number of amides is 1. The summed E-state index contributed by atoms with van der Waals surface area (Å²) in [6, 6.07) is 10.7. The van der Waals surface area contributed by atoms with Gasteiger partial charge in [0.15, 0.2) is 11.5 Å². The summed E-state index contributed by atoms with van der Waals surface area (Å²) in [7, 11) is 0. The average Bonchev–Trinajstić information content (AvgIpc) is 2.93. The molecule has 0 fully saturated rings. The number of hydrogen-bond acceptors (Lipinski definition) is 4. The molecule has 1 N–H and O–H groups in total. The van der Waals surface area contributed by atoms with Crippen LogP contribution >= 0.6 is 35.0 Å². The van der Waals surface area contributed by atoms with Crippen molar-refractivity contribution in [1.29, 1.82) is 0 Å². The number of fused-ring (bicyclic) bond motifs is 1. The van der Waals surface area contributed by atoms with Crippen LogP contribution in [0, 0.1) is 0 Å². The average molecular weight is 370 g/mol. The number of rotatable bonds is 5. The maximum absolute atomic E-state index is 11.9. The molecule has 0 spiro atoms. The molecule has 2 aromatic carbocycles. The van der Waals surface area contributed by atoms with E-state index in [2.05, 4.69) is 5.32 Å². The van der Waals surface area contributed by atoms with Crippen LogP contribution < -0.4 is 14.8 Å². The van der Waals surface area contributed by atoms with E-state index in [4.69, 9.17) is 32.7 Å². The van der Waals surface area contributed by atoms with Crippen molar-refractivity contribution >= 4 is 46.6 Å². The fourth-order valence-electron chi connectivity index (χ4n) is 2.12. The van der Waals surface area contributed by atoms with Crippen molar-refractivity contribution < 1.29 is 14.3 Å². The molecule has 120 valence electrons. The number of ether oxygens (including phenoxy) is 2. The van der Waals surface area contributed by atoms with Gasteiger partial charge in [0.2, 0.25) is 12.7 Å². The minimum atomic E-state index is -0.103. The van der Waals surface area contributed by atoms with Crippen LogP contribution in [0.1, 0.15) is 5.56 Å². The summed E-state index contributed by atoms with van der Waals surface area (Å²) in [6.45, 7) is 0.260. The van der Waals surface area contributed by atoms with Gasteiger partial charge >= 0.3 is 0 Å². The largest absolute Gasteiger partial charge is 0.454 e. The Morgan fingerprint density at radius 3 is 2.61 bits per heavy atom. The van der Waals surface area contributed by atoms with Crippen molar-refractivity contribution in [2.24, 2.45) is 0 Å². The Hall–Kier alpha value is -1.56. The van der Waals surface area contributed by atoms with Gasteiger partial charge in [0, 0.05) is 21.5 Å². The number of hydrogen-bond donors (Lipinski definition) is 1. The van der Waals surface area contributed by atoms with E-state index in [1.165, 1.54) is 11.8 Å².